The SMILES string of the molecule is CC(CCc1ccccc1)NC(=O)Cc1ccc(C(C)C)cc1. The van der Waals surface area contributed by atoms with Gasteiger partial charge in [0.15, 0.2) is 0 Å². The summed E-state index contributed by atoms with van der Waals surface area (Å²) < 4.78 is 0. The van der Waals surface area contributed by atoms with Gasteiger partial charge in [-0.1, -0.05) is 68.4 Å². The Morgan fingerprint density at radius 2 is 1.57 bits per heavy atom. The van der Waals surface area contributed by atoms with E-state index in [0.717, 1.165) is 18.4 Å². The first-order valence-electron chi connectivity index (χ1n) is 8.46. The van der Waals surface area contributed by atoms with Gasteiger partial charge in [0.05, 0.1) is 6.42 Å². The lowest BCUT2D eigenvalue weighted by Crippen LogP contribution is -2.34. The average Bonchev–Trinajstić information content (AvgIpc) is 2.54. The van der Waals surface area contributed by atoms with Crippen molar-refractivity contribution in [2.24, 2.45) is 0 Å². The fraction of sp³-hybridized carbons (Fsp3) is 0.381. The number of aryl methyl sites for hydroxylation is 1. The van der Waals surface area contributed by atoms with Crippen molar-refractivity contribution >= 4 is 5.91 Å². The molecule has 122 valence electrons. The second-order valence-electron chi connectivity index (χ2n) is 6.57. The molecule has 2 heteroatoms. The van der Waals surface area contributed by atoms with Gasteiger partial charge in [-0.3, -0.25) is 4.79 Å². The number of benzene rings is 2. The third kappa shape index (κ3) is 5.90. The Balaban J connectivity index is 1.77. The molecule has 0 heterocycles. The second-order valence-corrected chi connectivity index (χ2v) is 6.57. The van der Waals surface area contributed by atoms with Gasteiger partial charge in [0.1, 0.15) is 0 Å². The van der Waals surface area contributed by atoms with Crippen molar-refractivity contribution in [3.8, 4) is 0 Å². The molecule has 0 radical (unpaired) electrons. The van der Waals surface area contributed by atoms with Crippen molar-refractivity contribution < 1.29 is 4.79 Å². The Hall–Kier alpha value is -2.09. The van der Waals surface area contributed by atoms with Gasteiger partial charge in [-0.05, 0) is 42.4 Å². The lowest BCUT2D eigenvalue weighted by atomic mass is 10.0. The highest BCUT2D eigenvalue weighted by Gasteiger charge is 2.09. The smallest absolute Gasteiger partial charge is 0.224 e. The van der Waals surface area contributed by atoms with E-state index in [1.807, 2.05) is 6.07 Å². The molecule has 2 aromatic rings. The molecule has 0 aliphatic carbocycles. The van der Waals surface area contributed by atoms with Crippen LogP contribution < -0.4 is 5.32 Å². The van der Waals surface area contributed by atoms with Crippen LogP contribution in [0.1, 0.15) is 49.8 Å². The van der Waals surface area contributed by atoms with E-state index in [9.17, 15) is 4.79 Å². The van der Waals surface area contributed by atoms with Crippen LogP contribution in [0.4, 0.5) is 0 Å². The molecular weight excluding hydrogens is 282 g/mol. The van der Waals surface area contributed by atoms with Crippen molar-refractivity contribution in [1.29, 1.82) is 0 Å². The predicted molar refractivity (Wildman–Crippen MR) is 96.6 cm³/mol. The zero-order chi connectivity index (χ0) is 16.7. The van der Waals surface area contributed by atoms with Crippen molar-refractivity contribution in [2.45, 2.75) is 52.0 Å². The van der Waals surface area contributed by atoms with Crippen molar-refractivity contribution in [3.05, 3.63) is 71.3 Å². The number of rotatable bonds is 7. The van der Waals surface area contributed by atoms with E-state index >= 15 is 0 Å². The Morgan fingerprint density at radius 1 is 0.913 bits per heavy atom. The maximum absolute atomic E-state index is 12.1. The van der Waals surface area contributed by atoms with E-state index in [1.54, 1.807) is 0 Å². The molecule has 2 nitrogen and oxygen atoms in total. The van der Waals surface area contributed by atoms with E-state index in [0.29, 0.717) is 12.3 Å². The van der Waals surface area contributed by atoms with Crippen LogP contribution in [0.3, 0.4) is 0 Å². The van der Waals surface area contributed by atoms with Gasteiger partial charge in [0, 0.05) is 6.04 Å². The van der Waals surface area contributed by atoms with E-state index in [1.165, 1.54) is 11.1 Å². The van der Waals surface area contributed by atoms with Crippen LogP contribution >= 0.6 is 0 Å². The maximum atomic E-state index is 12.1. The van der Waals surface area contributed by atoms with Crippen LogP contribution in [0.5, 0.6) is 0 Å². The maximum Gasteiger partial charge on any atom is 0.224 e. The second kappa shape index (κ2) is 8.52. The Morgan fingerprint density at radius 3 is 2.17 bits per heavy atom. The topological polar surface area (TPSA) is 29.1 Å². The lowest BCUT2D eigenvalue weighted by Gasteiger charge is -2.14. The minimum Gasteiger partial charge on any atom is -0.353 e. The van der Waals surface area contributed by atoms with Crippen molar-refractivity contribution in [2.75, 3.05) is 0 Å². The summed E-state index contributed by atoms with van der Waals surface area (Å²) in [5, 5.41) is 3.10. The molecule has 2 rings (SSSR count). The van der Waals surface area contributed by atoms with Crippen LogP contribution in [0.15, 0.2) is 54.6 Å². The fourth-order valence-corrected chi connectivity index (χ4v) is 2.63. The molecule has 1 N–H and O–H groups in total. The molecule has 0 spiro atoms. The number of carbonyl (C=O) groups is 1. The molecule has 0 fully saturated rings. The summed E-state index contributed by atoms with van der Waals surface area (Å²) >= 11 is 0. The van der Waals surface area contributed by atoms with Crippen LogP contribution in [0.2, 0.25) is 0 Å². The average molecular weight is 309 g/mol. The quantitative estimate of drug-likeness (QED) is 0.802. The van der Waals surface area contributed by atoms with Crippen LogP contribution in [0.25, 0.3) is 0 Å². The lowest BCUT2D eigenvalue weighted by molar-refractivity contribution is -0.121. The highest BCUT2D eigenvalue weighted by atomic mass is 16.1. The van der Waals surface area contributed by atoms with Crippen LogP contribution in [0, 0.1) is 0 Å². The van der Waals surface area contributed by atoms with Crippen molar-refractivity contribution in [1.82, 2.24) is 5.32 Å². The molecule has 1 unspecified atom stereocenters. The molecule has 23 heavy (non-hydrogen) atoms. The van der Waals surface area contributed by atoms with Gasteiger partial charge in [0.25, 0.3) is 0 Å². The first-order valence-corrected chi connectivity index (χ1v) is 8.46. The molecular formula is C21H27NO. The third-order valence-corrected chi connectivity index (χ3v) is 4.13. The van der Waals surface area contributed by atoms with E-state index in [4.69, 9.17) is 0 Å². The number of nitrogens with one attached hydrogen (secondary N) is 1. The van der Waals surface area contributed by atoms with Gasteiger partial charge in [-0.15, -0.1) is 0 Å². The molecule has 0 bridgehead atoms. The molecule has 1 amide bonds. The third-order valence-electron chi connectivity index (χ3n) is 4.13. The van der Waals surface area contributed by atoms with Crippen LogP contribution in [-0.2, 0) is 17.6 Å². The summed E-state index contributed by atoms with van der Waals surface area (Å²) in [6, 6.07) is 18.9. The summed E-state index contributed by atoms with van der Waals surface area (Å²) in [4.78, 5) is 12.1. The molecule has 0 aliphatic heterocycles. The first-order chi connectivity index (χ1) is 11.0. The van der Waals surface area contributed by atoms with Gasteiger partial charge < -0.3 is 5.32 Å². The summed E-state index contributed by atoms with van der Waals surface area (Å²) in [5.74, 6) is 0.624. The minimum atomic E-state index is 0.0999. The zero-order valence-corrected chi connectivity index (χ0v) is 14.4. The summed E-state index contributed by atoms with van der Waals surface area (Å²) in [5.41, 5.74) is 3.70. The van der Waals surface area contributed by atoms with Gasteiger partial charge >= 0.3 is 0 Å². The Kier molecular flexibility index (Phi) is 6.40. The van der Waals surface area contributed by atoms with Crippen molar-refractivity contribution in [3.63, 3.8) is 0 Å². The minimum absolute atomic E-state index is 0.0999. The van der Waals surface area contributed by atoms with E-state index < -0.39 is 0 Å². The zero-order valence-electron chi connectivity index (χ0n) is 14.4. The Labute approximate surface area is 139 Å². The molecule has 1 atom stereocenters. The molecule has 0 saturated carbocycles. The molecule has 0 saturated heterocycles. The summed E-state index contributed by atoms with van der Waals surface area (Å²) in [6.07, 6.45) is 2.40. The molecule has 2 aromatic carbocycles. The highest BCUT2D eigenvalue weighted by molar-refractivity contribution is 5.78. The number of hydrogen-bond donors (Lipinski definition) is 1. The highest BCUT2D eigenvalue weighted by Crippen LogP contribution is 2.15. The van der Waals surface area contributed by atoms with E-state index in [-0.39, 0.29) is 11.9 Å². The first kappa shape index (κ1) is 17.3. The number of hydrogen-bond acceptors (Lipinski definition) is 1. The summed E-state index contributed by atoms with van der Waals surface area (Å²) in [6.45, 7) is 6.43. The largest absolute Gasteiger partial charge is 0.353 e. The molecule has 0 aliphatic rings. The monoisotopic (exact) mass is 309 g/mol. The van der Waals surface area contributed by atoms with E-state index in [2.05, 4.69) is 74.6 Å². The number of carbonyl (C=O) groups excluding carboxylic acids is 1. The summed E-state index contributed by atoms with van der Waals surface area (Å²) in [7, 11) is 0. The predicted octanol–water partition coefficient (Wildman–Crippen LogP) is 4.49. The van der Waals surface area contributed by atoms with Crippen LogP contribution in [-0.4, -0.2) is 11.9 Å². The van der Waals surface area contributed by atoms with Gasteiger partial charge in [0.2, 0.25) is 5.91 Å². The number of amides is 1. The Bertz CT molecular complexity index is 601. The fourth-order valence-electron chi connectivity index (χ4n) is 2.63. The van der Waals surface area contributed by atoms with Gasteiger partial charge in [-0.25, -0.2) is 0 Å². The molecule has 0 aromatic heterocycles. The standard InChI is InChI=1S/C21H27NO/c1-16(2)20-13-11-19(12-14-20)15-21(23)22-17(3)9-10-18-7-5-4-6-8-18/h4-8,11-14,16-17H,9-10,15H2,1-3H3,(H,22,23). The normalized spacial score (nSPS) is 12.2. The van der Waals surface area contributed by atoms with Gasteiger partial charge in [-0.2, -0.15) is 0 Å².